The Kier molecular flexibility index (Phi) is 7.89. The van der Waals surface area contributed by atoms with Crippen LogP contribution in [0, 0.1) is 5.82 Å². The summed E-state index contributed by atoms with van der Waals surface area (Å²) in [6.07, 6.45) is 6.60. The summed E-state index contributed by atoms with van der Waals surface area (Å²) in [5.74, 6) is 0.682. The van der Waals surface area contributed by atoms with Crippen LogP contribution in [0.1, 0.15) is 49.8 Å². The van der Waals surface area contributed by atoms with Gasteiger partial charge < -0.3 is 10.2 Å². The first kappa shape index (κ1) is 23.2. The number of rotatable bonds is 9. The molecule has 1 fully saturated rings. The second-order valence-electron chi connectivity index (χ2n) is 8.96. The molecule has 1 N–H and O–H groups in total. The summed E-state index contributed by atoms with van der Waals surface area (Å²) in [5.41, 5.74) is 2.03. The zero-order valence-electron chi connectivity index (χ0n) is 19.3. The van der Waals surface area contributed by atoms with Crippen molar-refractivity contribution in [2.45, 2.75) is 57.5 Å². The van der Waals surface area contributed by atoms with Crippen molar-refractivity contribution in [2.24, 2.45) is 0 Å². The fourth-order valence-electron chi connectivity index (χ4n) is 4.69. The molecule has 0 bridgehead atoms. The SMILES string of the molecule is CC(Cc1ccccc1F)N1CCC(n2nccc2NC(=O)CCCc2ccccc2)CC1. The first-order valence-electron chi connectivity index (χ1n) is 11.9. The van der Waals surface area contributed by atoms with E-state index in [-0.39, 0.29) is 23.8 Å². The standard InChI is InChI=1S/C27H33FN4O/c1-21(20-23-11-5-6-12-25(23)28)31-18-15-24(16-19-31)32-26(14-17-29-32)30-27(33)13-7-10-22-8-3-2-4-9-22/h2-6,8-9,11-12,14,17,21,24H,7,10,13,15-16,18-20H2,1H3,(H,30,33). The normalized spacial score (nSPS) is 15.9. The van der Waals surface area contributed by atoms with E-state index in [1.165, 1.54) is 11.6 Å². The number of carbonyl (C=O) groups is 1. The molecule has 0 aliphatic carbocycles. The highest BCUT2D eigenvalue weighted by atomic mass is 19.1. The first-order chi connectivity index (χ1) is 16.1. The van der Waals surface area contributed by atoms with Crippen LogP contribution in [-0.4, -0.2) is 39.7 Å². The molecule has 5 nitrogen and oxygen atoms in total. The van der Waals surface area contributed by atoms with E-state index in [0.29, 0.717) is 12.8 Å². The minimum absolute atomic E-state index is 0.0311. The number of piperidine rings is 1. The average Bonchev–Trinajstić information content (AvgIpc) is 3.29. The van der Waals surface area contributed by atoms with Gasteiger partial charge in [-0.1, -0.05) is 48.5 Å². The lowest BCUT2D eigenvalue weighted by atomic mass is 10.00. The molecule has 2 heterocycles. The Labute approximate surface area is 195 Å². The summed E-state index contributed by atoms with van der Waals surface area (Å²) in [6, 6.07) is 19.7. The van der Waals surface area contributed by atoms with Crippen LogP contribution in [0.25, 0.3) is 0 Å². The number of aromatic nitrogens is 2. The number of hydrogen-bond donors (Lipinski definition) is 1. The van der Waals surface area contributed by atoms with Crippen LogP contribution >= 0.6 is 0 Å². The number of anilines is 1. The van der Waals surface area contributed by atoms with E-state index >= 15 is 0 Å². The molecule has 0 spiro atoms. The topological polar surface area (TPSA) is 50.2 Å². The molecule has 2 aromatic carbocycles. The summed E-state index contributed by atoms with van der Waals surface area (Å²) < 4.78 is 16.0. The van der Waals surface area contributed by atoms with Gasteiger partial charge in [-0.15, -0.1) is 0 Å². The number of likely N-dealkylation sites (tertiary alicyclic amines) is 1. The summed E-state index contributed by atoms with van der Waals surface area (Å²) in [4.78, 5) is 14.9. The van der Waals surface area contributed by atoms with Crippen molar-refractivity contribution in [3.8, 4) is 0 Å². The molecule has 33 heavy (non-hydrogen) atoms. The Morgan fingerprint density at radius 1 is 1.09 bits per heavy atom. The van der Waals surface area contributed by atoms with Gasteiger partial charge in [0.25, 0.3) is 0 Å². The second kappa shape index (κ2) is 11.2. The van der Waals surface area contributed by atoms with E-state index in [2.05, 4.69) is 34.4 Å². The lowest BCUT2D eigenvalue weighted by Gasteiger charge is -2.36. The predicted molar refractivity (Wildman–Crippen MR) is 130 cm³/mol. The van der Waals surface area contributed by atoms with Gasteiger partial charge in [-0.3, -0.25) is 4.79 Å². The van der Waals surface area contributed by atoms with E-state index in [1.807, 2.05) is 41.1 Å². The molecule has 1 aliphatic heterocycles. The third-order valence-electron chi connectivity index (χ3n) is 6.59. The molecule has 4 rings (SSSR count). The number of nitrogens with one attached hydrogen (secondary N) is 1. The van der Waals surface area contributed by atoms with Crippen molar-refractivity contribution in [1.82, 2.24) is 14.7 Å². The lowest BCUT2D eigenvalue weighted by molar-refractivity contribution is -0.116. The third-order valence-corrected chi connectivity index (χ3v) is 6.59. The van der Waals surface area contributed by atoms with Crippen molar-refractivity contribution in [3.63, 3.8) is 0 Å². The van der Waals surface area contributed by atoms with Crippen molar-refractivity contribution >= 4 is 11.7 Å². The molecule has 1 saturated heterocycles. The first-order valence-corrected chi connectivity index (χ1v) is 11.9. The average molecular weight is 449 g/mol. The van der Waals surface area contributed by atoms with Gasteiger partial charge >= 0.3 is 0 Å². The molecular weight excluding hydrogens is 415 g/mol. The minimum Gasteiger partial charge on any atom is -0.311 e. The Hall–Kier alpha value is -2.99. The Bertz CT molecular complexity index is 1030. The van der Waals surface area contributed by atoms with Crippen LogP contribution < -0.4 is 5.32 Å². The number of amides is 1. The quantitative estimate of drug-likeness (QED) is 0.486. The van der Waals surface area contributed by atoms with Crippen LogP contribution in [0.15, 0.2) is 66.9 Å². The number of halogens is 1. The maximum absolute atomic E-state index is 14.0. The number of nitrogens with zero attached hydrogens (tertiary/aromatic N) is 3. The fraction of sp³-hybridized carbons (Fsp3) is 0.407. The molecule has 174 valence electrons. The van der Waals surface area contributed by atoms with Crippen LogP contribution in [0.3, 0.4) is 0 Å². The van der Waals surface area contributed by atoms with Gasteiger partial charge in [0, 0.05) is 31.6 Å². The maximum atomic E-state index is 14.0. The molecular formula is C27H33FN4O. The molecule has 0 radical (unpaired) electrons. The van der Waals surface area contributed by atoms with Crippen molar-refractivity contribution in [2.75, 3.05) is 18.4 Å². The van der Waals surface area contributed by atoms with Crippen LogP contribution in [0.5, 0.6) is 0 Å². The molecule has 1 unspecified atom stereocenters. The monoisotopic (exact) mass is 448 g/mol. The smallest absolute Gasteiger partial charge is 0.225 e. The molecule has 1 aromatic heterocycles. The van der Waals surface area contributed by atoms with Crippen LogP contribution in [-0.2, 0) is 17.6 Å². The molecule has 3 aromatic rings. The van der Waals surface area contributed by atoms with Gasteiger partial charge in [0.1, 0.15) is 11.6 Å². The van der Waals surface area contributed by atoms with E-state index in [4.69, 9.17) is 0 Å². The van der Waals surface area contributed by atoms with E-state index < -0.39 is 0 Å². The van der Waals surface area contributed by atoms with Crippen LogP contribution in [0.4, 0.5) is 10.2 Å². The van der Waals surface area contributed by atoms with E-state index in [1.54, 1.807) is 12.3 Å². The van der Waals surface area contributed by atoms with Crippen LogP contribution in [0.2, 0.25) is 0 Å². The van der Waals surface area contributed by atoms with Gasteiger partial charge in [-0.25, -0.2) is 9.07 Å². The number of hydrogen-bond acceptors (Lipinski definition) is 3. The summed E-state index contributed by atoms with van der Waals surface area (Å²) in [5, 5.41) is 7.56. The van der Waals surface area contributed by atoms with Crippen molar-refractivity contribution < 1.29 is 9.18 Å². The van der Waals surface area contributed by atoms with Gasteiger partial charge in [0.05, 0.1) is 12.2 Å². The van der Waals surface area contributed by atoms with Crippen molar-refractivity contribution in [3.05, 3.63) is 83.8 Å². The second-order valence-corrected chi connectivity index (χ2v) is 8.96. The summed E-state index contributed by atoms with van der Waals surface area (Å²) in [6.45, 7) is 4.04. The zero-order valence-corrected chi connectivity index (χ0v) is 19.3. The molecule has 1 amide bonds. The van der Waals surface area contributed by atoms with Crippen molar-refractivity contribution in [1.29, 1.82) is 0 Å². The number of benzene rings is 2. The predicted octanol–water partition coefficient (Wildman–Crippen LogP) is 5.25. The number of carbonyl (C=O) groups excluding carboxylic acids is 1. The summed E-state index contributed by atoms with van der Waals surface area (Å²) >= 11 is 0. The highest BCUT2D eigenvalue weighted by Gasteiger charge is 2.26. The van der Waals surface area contributed by atoms with E-state index in [9.17, 15) is 9.18 Å². The van der Waals surface area contributed by atoms with Gasteiger partial charge in [-0.2, -0.15) is 5.10 Å². The van der Waals surface area contributed by atoms with Gasteiger partial charge in [-0.05, 0) is 56.2 Å². The van der Waals surface area contributed by atoms with E-state index in [0.717, 1.165) is 50.2 Å². The highest BCUT2D eigenvalue weighted by Crippen LogP contribution is 2.27. The van der Waals surface area contributed by atoms with Gasteiger partial charge in [0.2, 0.25) is 5.91 Å². The fourth-order valence-corrected chi connectivity index (χ4v) is 4.69. The molecule has 1 aliphatic rings. The zero-order chi connectivity index (χ0) is 23.0. The van der Waals surface area contributed by atoms with Gasteiger partial charge in [0.15, 0.2) is 0 Å². The molecule has 6 heteroatoms. The number of aryl methyl sites for hydroxylation is 1. The Morgan fingerprint density at radius 2 is 1.82 bits per heavy atom. The minimum atomic E-state index is -0.125. The lowest BCUT2D eigenvalue weighted by Crippen LogP contribution is -2.41. The molecule has 0 saturated carbocycles. The maximum Gasteiger partial charge on any atom is 0.225 e. The largest absolute Gasteiger partial charge is 0.311 e. The summed E-state index contributed by atoms with van der Waals surface area (Å²) in [7, 11) is 0. The highest BCUT2D eigenvalue weighted by molar-refractivity contribution is 5.89. The molecule has 1 atom stereocenters. The Morgan fingerprint density at radius 3 is 2.58 bits per heavy atom. The third kappa shape index (κ3) is 6.29. The Balaban J connectivity index is 1.25.